The minimum Gasteiger partial charge on any atom is -0.405 e. The molecule has 2 rings (SSSR count). The molecule has 1 aromatic carbocycles. The average molecular weight is 282 g/mol. The van der Waals surface area contributed by atoms with Crippen molar-refractivity contribution in [3.05, 3.63) is 34.6 Å². The molecule has 0 saturated carbocycles. The number of hydrogen-bond acceptors (Lipinski definition) is 2. The van der Waals surface area contributed by atoms with Crippen LogP contribution in [-0.4, -0.2) is 11.3 Å². The van der Waals surface area contributed by atoms with Crippen molar-refractivity contribution in [3.8, 4) is 5.75 Å². The molecule has 0 amide bonds. The first kappa shape index (κ1) is 12.3. The summed E-state index contributed by atoms with van der Waals surface area (Å²) in [5, 5.41) is 0.536. The minimum absolute atomic E-state index is 0.000671. The SMILES string of the molecule is FC(F)(F)Oc1cccc2c(Cl)nc(Cl)cc12. The Hall–Kier alpha value is -1.20. The zero-order chi connectivity index (χ0) is 12.6. The van der Waals surface area contributed by atoms with Gasteiger partial charge in [0.05, 0.1) is 0 Å². The maximum atomic E-state index is 12.2. The van der Waals surface area contributed by atoms with E-state index < -0.39 is 6.36 Å². The van der Waals surface area contributed by atoms with Crippen molar-refractivity contribution in [2.45, 2.75) is 6.36 Å². The van der Waals surface area contributed by atoms with Gasteiger partial charge in [-0.2, -0.15) is 0 Å². The Balaban J connectivity index is 2.64. The summed E-state index contributed by atoms with van der Waals surface area (Å²) in [6, 6.07) is 5.38. The van der Waals surface area contributed by atoms with Crippen LogP contribution in [0.25, 0.3) is 10.8 Å². The van der Waals surface area contributed by atoms with Crippen LogP contribution in [0.2, 0.25) is 10.3 Å². The molecule has 17 heavy (non-hydrogen) atoms. The molecule has 0 saturated heterocycles. The van der Waals surface area contributed by atoms with Crippen molar-refractivity contribution in [3.63, 3.8) is 0 Å². The lowest BCUT2D eigenvalue weighted by Crippen LogP contribution is -2.17. The second kappa shape index (κ2) is 4.23. The fourth-order valence-corrected chi connectivity index (χ4v) is 1.88. The molecule has 0 bridgehead atoms. The summed E-state index contributed by atoms with van der Waals surface area (Å²) < 4.78 is 40.4. The number of halogens is 5. The summed E-state index contributed by atoms with van der Waals surface area (Å²) in [6.45, 7) is 0. The molecule has 0 atom stereocenters. The predicted octanol–water partition coefficient (Wildman–Crippen LogP) is 4.44. The van der Waals surface area contributed by atoms with Crippen molar-refractivity contribution in [2.75, 3.05) is 0 Å². The number of nitrogens with zero attached hydrogens (tertiary/aromatic N) is 1. The highest BCUT2D eigenvalue weighted by atomic mass is 35.5. The third kappa shape index (κ3) is 2.73. The largest absolute Gasteiger partial charge is 0.573 e. The van der Waals surface area contributed by atoms with E-state index in [0.717, 1.165) is 0 Å². The van der Waals surface area contributed by atoms with Crippen LogP contribution in [0.1, 0.15) is 0 Å². The van der Waals surface area contributed by atoms with Gasteiger partial charge in [0.25, 0.3) is 0 Å². The number of rotatable bonds is 1. The molecule has 0 unspecified atom stereocenters. The average Bonchev–Trinajstić information content (AvgIpc) is 2.17. The topological polar surface area (TPSA) is 22.1 Å². The van der Waals surface area contributed by atoms with Crippen molar-refractivity contribution < 1.29 is 17.9 Å². The number of hydrogen-bond donors (Lipinski definition) is 0. The van der Waals surface area contributed by atoms with Crippen molar-refractivity contribution in [2.24, 2.45) is 0 Å². The third-order valence-corrected chi connectivity index (χ3v) is 2.46. The molecule has 0 radical (unpaired) electrons. The molecule has 0 aliphatic rings. The Morgan fingerprint density at radius 2 is 1.82 bits per heavy atom. The Kier molecular flexibility index (Phi) is 3.05. The van der Waals surface area contributed by atoms with E-state index in [-0.39, 0.29) is 21.4 Å². The number of fused-ring (bicyclic) bond motifs is 1. The van der Waals surface area contributed by atoms with Crippen molar-refractivity contribution in [1.29, 1.82) is 0 Å². The molecule has 0 aliphatic carbocycles. The molecular formula is C10H4Cl2F3NO. The van der Waals surface area contributed by atoms with Gasteiger partial charge in [-0.1, -0.05) is 35.3 Å². The van der Waals surface area contributed by atoms with E-state index in [1.807, 2.05) is 0 Å². The fourth-order valence-electron chi connectivity index (χ4n) is 1.39. The standard InChI is InChI=1S/C10H4Cl2F3NO/c11-8-4-6-5(9(12)16-8)2-1-3-7(6)17-10(13,14)15/h1-4H. The van der Waals surface area contributed by atoms with Gasteiger partial charge in [-0.15, -0.1) is 13.2 Å². The molecule has 1 heterocycles. The first-order valence-corrected chi connectivity index (χ1v) is 5.13. The van der Waals surface area contributed by atoms with Crippen molar-refractivity contribution >= 4 is 34.0 Å². The Bertz CT molecular complexity index is 571. The van der Waals surface area contributed by atoms with Gasteiger partial charge < -0.3 is 4.74 Å². The smallest absolute Gasteiger partial charge is 0.405 e. The zero-order valence-electron chi connectivity index (χ0n) is 8.05. The predicted molar refractivity (Wildman–Crippen MR) is 58.4 cm³/mol. The van der Waals surface area contributed by atoms with E-state index in [1.165, 1.54) is 24.3 Å². The molecular weight excluding hydrogens is 278 g/mol. The van der Waals surface area contributed by atoms with E-state index in [9.17, 15) is 13.2 Å². The van der Waals surface area contributed by atoms with Crippen LogP contribution in [0.5, 0.6) is 5.75 Å². The molecule has 0 aliphatic heterocycles. The van der Waals surface area contributed by atoms with E-state index in [4.69, 9.17) is 23.2 Å². The first-order valence-electron chi connectivity index (χ1n) is 4.37. The molecule has 2 aromatic rings. The molecule has 0 fully saturated rings. The molecule has 1 aromatic heterocycles. The maximum Gasteiger partial charge on any atom is 0.573 e. The highest BCUT2D eigenvalue weighted by Gasteiger charge is 2.31. The van der Waals surface area contributed by atoms with Gasteiger partial charge in [-0.25, -0.2) is 4.98 Å². The van der Waals surface area contributed by atoms with Crippen LogP contribution in [0.4, 0.5) is 13.2 Å². The van der Waals surface area contributed by atoms with Gasteiger partial charge in [-0.05, 0) is 12.1 Å². The highest BCUT2D eigenvalue weighted by molar-refractivity contribution is 6.36. The summed E-state index contributed by atoms with van der Waals surface area (Å²) >= 11 is 11.4. The summed E-state index contributed by atoms with van der Waals surface area (Å²) in [6.07, 6.45) is -4.77. The van der Waals surface area contributed by atoms with Gasteiger partial charge >= 0.3 is 6.36 Å². The molecule has 2 nitrogen and oxygen atoms in total. The van der Waals surface area contributed by atoms with Gasteiger partial charge in [-0.3, -0.25) is 0 Å². The summed E-state index contributed by atoms with van der Waals surface area (Å²) in [4.78, 5) is 3.73. The lowest BCUT2D eigenvalue weighted by atomic mass is 10.1. The second-order valence-electron chi connectivity index (χ2n) is 3.13. The molecule has 0 spiro atoms. The number of pyridine rings is 1. The number of ether oxygens (including phenoxy) is 1. The minimum atomic E-state index is -4.77. The Morgan fingerprint density at radius 3 is 2.47 bits per heavy atom. The summed E-state index contributed by atoms with van der Waals surface area (Å²) in [7, 11) is 0. The maximum absolute atomic E-state index is 12.2. The van der Waals surface area contributed by atoms with Crippen LogP contribution in [-0.2, 0) is 0 Å². The van der Waals surface area contributed by atoms with E-state index in [1.54, 1.807) is 0 Å². The molecule has 0 N–H and O–H groups in total. The second-order valence-corrected chi connectivity index (χ2v) is 3.88. The van der Waals surface area contributed by atoms with Gasteiger partial charge in [0, 0.05) is 10.8 Å². The van der Waals surface area contributed by atoms with Gasteiger partial charge in [0.15, 0.2) is 0 Å². The summed E-state index contributed by atoms with van der Waals surface area (Å²) in [5.74, 6) is -0.360. The van der Waals surface area contributed by atoms with E-state index >= 15 is 0 Å². The number of aromatic nitrogens is 1. The van der Waals surface area contributed by atoms with Crippen molar-refractivity contribution in [1.82, 2.24) is 4.98 Å². The third-order valence-electron chi connectivity index (χ3n) is 1.98. The van der Waals surface area contributed by atoms with E-state index in [2.05, 4.69) is 9.72 Å². The Morgan fingerprint density at radius 1 is 1.12 bits per heavy atom. The van der Waals surface area contributed by atoms with E-state index in [0.29, 0.717) is 5.39 Å². The first-order chi connectivity index (χ1) is 7.87. The zero-order valence-corrected chi connectivity index (χ0v) is 9.57. The van der Waals surface area contributed by atoms with Crippen LogP contribution in [0, 0.1) is 0 Å². The highest BCUT2D eigenvalue weighted by Crippen LogP contribution is 2.34. The van der Waals surface area contributed by atoms with Gasteiger partial charge in [0.1, 0.15) is 16.1 Å². The number of benzene rings is 1. The molecule has 7 heteroatoms. The quantitative estimate of drug-likeness (QED) is 0.721. The number of alkyl halides is 3. The lowest BCUT2D eigenvalue weighted by molar-refractivity contribution is -0.274. The van der Waals surface area contributed by atoms with Crippen LogP contribution >= 0.6 is 23.2 Å². The lowest BCUT2D eigenvalue weighted by Gasteiger charge is -2.11. The Labute approximate surface area is 104 Å². The van der Waals surface area contributed by atoms with Crippen LogP contribution in [0.15, 0.2) is 24.3 Å². The molecule has 90 valence electrons. The summed E-state index contributed by atoms with van der Waals surface area (Å²) in [5.41, 5.74) is 0. The normalized spacial score (nSPS) is 11.8. The fraction of sp³-hybridized carbons (Fsp3) is 0.100. The van der Waals surface area contributed by atoms with Crippen LogP contribution in [0.3, 0.4) is 0 Å². The monoisotopic (exact) mass is 281 g/mol. The van der Waals surface area contributed by atoms with Gasteiger partial charge in [0.2, 0.25) is 0 Å². The van der Waals surface area contributed by atoms with Crippen LogP contribution < -0.4 is 4.74 Å².